The summed E-state index contributed by atoms with van der Waals surface area (Å²) in [5.74, 6) is -0.0487. The zero-order valence-corrected chi connectivity index (χ0v) is 19.3. The molecule has 2 amide bonds. The van der Waals surface area contributed by atoms with E-state index in [4.69, 9.17) is 5.73 Å². The third-order valence-electron chi connectivity index (χ3n) is 4.84. The number of hydrogen-bond acceptors (Lipinski definition) is 5. The highest BCUT2D eigenvalue weighted by Gasteiger charge is 2.18. The maximum Gasteiger partial charge on any atom is 0.250 e. The van der Waals surface area contributed by atoms with Crippen LogP contribution in [-0.4, -0.2) is 32.3 Å². The number of benzene rings is 2. The molecule has 0 aliphatic rings. The Morgan fingerprint density at radius 3 is 2.44 bits per heavy atom. The van der Waals surface area contributed by atoms with Crippen molar-refractivity contribution >= 4 is 29.3 Å². The van der Waals surface area contributed by atoms with Crippen LogP contribution >= 0.6 is 11.8 Å². The van der Waals surface area contributed by atoms with Crippen LogP contribution < -0.4 is 11.1 Å². The van der Waals surface area contributed by atoms with Gasteiger partial charge in [-0.25, -0.2) is 0 Å². The Hall–Kier alpha value is -3.39. The van der Waals surface area contributed by atoms with E-state index in [9.17, 15) is 9.59 Å². The summed E-state index contributed by atoms with van der Waals surface area (Å²) in [7, 11) is 0. The van der Waals surface area contributed by atoms with Crippen molar-refractivity contribution in [3.8, 4) is 11.4 Å². The van der Waals surface area contributed by atoms with Gasteiger partial charge in [0.25, 0.3) is 5.91 Å². The van der Waals surface area contributed by atoms with E-state index < -0.39 is 5.91 Å². The number of carbonyl (C=O) groups excluding carboxylic acids is 2. The quantitative estimate of drug-likeness (QED) is 0.395. The second kappa shape index (κ2) is 9.82. The Kier molecular flexibility index (Phi) is 7.15. The molecule has 0 unspecified atom stereocenters. The standard InChI is InChI=1S/C24H27N5O2S/c1-5-14-29-22(16-10-12-17(13-11-16)24(2,3)4)27-28-23(29)32-15-20(30)26-19-9-7-6-8-18(19)21(25)31/h5-13H,1,14-15H2,2-4H3,(H2,25,31)(H,26,30). The number of nitrogens with one attached hydrogen (secondary N) is 1. The van der Waals surface area contributed by atoms with E-state index in [2.05, 4.69) is 55.0 Å². The molecule has 3 N–H and O–H groups in total. The lowest BCUT2D eigenvalue weighted by molar-refractivity contribution is -0.113. The summed E-state index contributed by atoms with van der Waals surface area (Å²) in [5, 5.41) is 12.0. The molecule has 0 aliphatic heterocycles. The van der Waals surface area contributed by atoms with Crippen molar-refractivity contribution in [2.24, 2.45) is 5.73 Å². The molecule has 1 heterocycles. The largest absolute Gasteiger partial charge is 0.366 e. The number of hydrogen-bond donors (Lipinski definition) is 2. The van der Waals surface area contributed by atoms with Crippen molar-refractivity contribution < 1.29 is 9.59 Å². The number of primary amides is 1. The number of allylic oxidation sites excluding steroid dienone is 1. The zero-order valence-electron chi connectivity index (χ0n) is 18.5. The summed E-state index contributed by atoms with van der Waals surface area (Å²) in [6.45, 7) is 10.8. The molecule has 3 aromatic rings. The number of nitrogens with two attached hydrogens (primary N) is 1. The summed E-state index contributed by atoms with van der Waals surface area (Å²) in [6.07, 6.45) is 1.77. The van der Waals surface area contributed by atoms with E-state index in [-0.39, 0.29) is 22.6 Å². The minimum atomic E-state index is -0.596. The second-order valence-corrected chi connectivity index (χ2v) is 9.22. The fraction of sp³-hybridized carbons (Fsp3) is 0.250. The topological polar surface area (TPSA) is 103 Å². The lowest BCUT2D eigenvalue weighted by Gasteiger charge is -2.19. The van der Waals surface area contributed by atoms with Gasteiger partial charge in [0.05, 0.1) is 17.0 Å². The first-order valence-electron chi connectivity index (χ1n) is 10.2. The monoisotopic (exact) mass is 449 g/mol. The first-order chi connectivity index (χ1) is 15.2. The average molecular weight is 450 g/mol. The molecule has 2 aromatic carbocycles. The van der Waals surface area contributed by atoms with Crippen LogP contribution in [0.15, 0.2) is 66.3 Å². The fourth-order valence-electron chi connectivity index (χ4n) is 3.15. The van der Waals surface area contributed by atoms with E-state index in [1.807, 2.05) is 16.7 Å². The number of aromatic nitrogens is 3. The van der Waals surface area contributed by atoms with Gasteiger partial charge in [0.2, 0.25) is 5.91 Å². The zero-order chi connectivity index (χ0) is 23.3. The minimum Gasteiger partial charge on any atom is -0.366 e. The van der Waals surface area contributed by atoms with Gasteiger partial charge in [0.1, 0.15) is 0 Å². The first-order valence-corrected chi connectivity index (χ1v) is 11.2. The van der Waals surface area contributed by atoms with Gasteiger partial charge in [0, 0.05) is 12.1 Å². The summed E-state index contributed by atoms with van der Waals surface area (Å²) >= 11 is 1.26. The van der Waals surface area contributed by atoms with Crippen LogP contribution in [-0.2, 0) is 16.8 Å². The molecule has 0 bridgehead atoms. The highest BCUT2D eigenvalue weighted by molar-refractivity contribution is 7.99. The lowest BCUT2D eigenvalue weighted by atomic mass is 9.87. The molecule has 0 saturated heterocycles. The van der Waals surface area contributed by atoms with Gasteiger partial charge in [0.15, 0.2) is 11.0 Å². The molecule has 0 atom stereocenters. The van der Waals surface area contributed by atoms with Crippen LogP contribution in [0, 0.1) is 0 Å². The highest BCUT2D eigenvalue weighted by atomic mass is 32.2. The summed E-state index contributed by atoms with van der Waals surface area (Å²) < 4.78 is 1.92. The van der Waals surface area contributed by atoms with Crippen molar-refractivity contribution in [2.45, 2.75) is 37.9 Å². The highest BCUT2D eigenvalue weighted by Crippen LogP contribution is 2.28. The molecule has 0 radical (unpaired) electrons. The Bertz CT molecular complexity index is 1130. The number of anilines is 1. The van der Waals surface area contributed by atoms with Crippen LogP contribution in [0.2, 0.25) is 0 Å². The fourth-order valence-corrected chi connectivity index (χ4v) is 3.89. The molecule has 1 aromatic heterocycles. The SMILES string of the molecule is C=CCn1c(SCC(=O)Nc2ccccc2C(N)=O)nnc1-c1ccc(C(C)(C)C)cc1. The number of nitrogens with zero attached hydrogens (tertiary/aromatic N) is 3. The Labute approximate surface area is 192 Å². The van der Waals surface area contributed by atoms with Crippen LogP contribution in [0.4, 0.5) is 5.69 Å². The number of rotatable bonds is 8. The average Bonchev–Trinajstić information content (AvgIpc) is 3.15. The van der Waals surface area contributed by atoms with E-state index >= 15 is 0 Å². The number of para-hydroxylation sites is 1. The molecule has 8 heteroatoms. The molecule has 0 aliphatic carbocycles. The predicted octanol–water partition coefficient (Wildman–Crippen LogP) is 4.26. The van der Waals surface area contributed by atoms with Crippen molar-refractivity contribution in [1.29, 1.82) is 0 Å². The molecular weight excluding hydrogens is 422 g/mol. The molecule has 32 heavy (non-hydrogen) atoms. The van der Waals surface area contributed by atoms with Gasteiger partial charge < -0.3 is 11.1 Å². The number of carbonyl (C=O) groups is 2. The Balaban J connectivity index is 1.75. The second-order valence-electron chi connectivity index (χ2n) is 8.28. The third kappa shape index (κ3) is 5.45. The molecule has 7 nitrogen and oxygen atoms in total. The Morgan fingerprint density at radius 1 is 1.12 bits per heavy atom. The van der Waals surface area contributed by atoms with Crippen molar-refractivity contribution in [3.63, 3.8) is 0 Å². The third-order valence-corrected chi connectivity index (χ3v) is 5.80. The van der Waals surface area contributed by atoms with Crippen molar-refractivity contribution in [2.75, 3.05) is 11.1 Å². The summed E-state index contributed by atoms with van der Waals surface area (Å²) in [5.41, 5.74) is 8.27. The van der Waals surface area contributed by atoms with Gasteiger partial charge in [-0.3, -0.25) is 14.2 Å². The van der Waals surface area contributed by atoms with Crippen LogP contribution in [0.5, 0.6) is 0 Å². The van der Waals surface area contributed by atoms with E-state index in [0.29, 0.717) is 23.2 Å². The number of thioether (sulfide) groups is 1. The predicted molar refractivity (Wildman–Crippen MR) is 129 cm³/mol. The van der Waals surface area contributed by atoms with Gasteiger partial charge in [-0.05, 0) is 23.1 Å². The normalized spacial score (nSPS) is 11.2. The molecule has 3 rings (SSSR count). The van der Waals surface area contributed by atoms with E-state index in [0.717, 1.165) is 5.56 Å². The van der Waals surface area contributed by atoms with Gasteiger partial charge in [-0.2, -0.15) is 0 Å². The van der Waals surface area contributed by atoms with E-state index in [1.165, 1.54) is 17.3 Å². The first kappa shape index (κ1) is 23.3. The van der Waals surface area contributed by atoms with Gasteiger partial charge >= 0.3 is 0 Å². The maximum absolute atomic E-state index is 12.5. The van der Waals surface area contributed by atoms with Crippen molar-refractivity contribution in [3.05, 3.63) is 72.3 Å². The van der Waals surface area contributed by atoms with E-state index in [1.54, 1.807) is 30.3 Å². The minimum absolute atomic E-state index is 0.0643. The van der Waals surface area contributed by atoms with Crippen molar-refractivity contribution in [1.82, 2.24) is 14.8 Å². The maximum atomic E-state index is 12.5. The van der Waals surface area contributed by atoms with Crippen LogP contribution in [0.25, 0.3) is 11.4 Å². The summed E-state index contributed by atoms with van der Waals surface area (Å²) in [6, 6.07) is 14.9. The summed E-state index contributed by atoms with van der Waals surface area (Å²) in [4.78, 5) is 24.0. The molecular formula is C24H27N5O2S. The smallest absolute Gasteiger partial charge is 0.250 e. The van der Waals surface area contributed by atoms with Gasteiger partial charge in [-0.15, -0.1) is 16.8 Å². The lowest BCUT2D eigenvalue weighted by Crippen LogP contribution is -2.19. The Morgan fingerprint density at radius 2 is 1.81 bits per heavy atom. The van der Waals surface area contributed by atoms with Gasteiger partial charge in [-0.1, -0.05) is 75.0 Å². The molecule has 0 spiro atoms. The molecule has 0 fully saturated rings. The van der Waals surface area contributed by atoms with Crippen LogP contribution in [0.3, 0.4) is 0 Å². The van der Waals surface area contributed by atoms with Crippen LogP contribution in [0.1, 0.15) is 36.7 Å². The molecule has 0 saturated carbocycles. The number of amides is 2. The molecule has 166 valence electrons.